The van der Waals surface area contributed by atoms with E-state index in [2.05, 4.69) is 4.98 Å². The fourth-order valence-electron chi connectivity index (χ4n) is 3.15. The summed E-state index contributed by atoms with van der Waals surface area (Å²) >= 11 is 6.17. The summed E-state index contributed by atoms with van der Waals surface area (Å²) in [5, 5.41) is 9.88. The van der Waals surface area contributed by atoms with Gasteiger partial charge in [0.1, 0.15) is 0 Å². The third kappa shape index (κ3) is 2.85. The van der Waals surface area contributed by atoms with Gasteiger partial charge in [0.05, 0.1) is 15.9 Å². The van der Waals surface area contributed by atoms with Crippen molar-refractivity contribution < 1.29 is 14.6 Å². The van der Waals surface area contributed by atoms with E-state index in [-0.39, 0.29) is 24.1 Å². The van der Waals surface area contributed by atoms with Crippen LogP contribution >= 0.6 is 11.6 Å². The normalized spacial score (nSPS) is 21.3. The van der Waals surface area contributed by atoms with Crippen LogP contribution in [0.15, 0.2) is 23.0 Å². The van der Waals surface area contributed by atoms with Gasteiger partial charge in [0.25, 0.3) is 5.56 Å². The van der Waals surface area contributed by atoms with Gasteiger partial charge in [-0.15, -0.1) is 0 Å². The van der Waals surface area contributed by atoms with Crippen molar-refractivity contribution in [3.05, 3.63) is 39.4 Å². The Kier molecular flexibility index (Phi) is 4.47. The van der Waals surface area contributed by atoms with E-state index in [0.717, 1.165) is 0 Å². The number of carbonyl (C=O) groups is 1. The molecule has 24 heavy (non-hydrogen) atoms. The molecule has 1 aliphatic rings. The van der Waals surface area contributed by atoms with E-state index in [1.165, 1.54) is 4.57 Å². The zero-order valence-electron chi connectivity index (χ0n) is 13.1. The fraction of sp³-hybridized carbons (Fsp3) is 0.438. The molecule has 3 rings (SSSR count). The molecule has 1 aromatic carbocycles. The lowest BCUT2D eigenvalue weighted by Crippen LogP contribution is -2.38. The minimum absolute atomic E-state index is 0.0791. The summed E-state index contributed by atoms with van der Waals surface area (Å²) in [6.45, 7) is 1.69. The minimum atomic E-state index is -0.934. The maximum atomic E-state index is 13.0. The van der Waals surface area contributed by atoms with Crippen LogP contribution in [0.25, 0.3) is 10.9 Å². The second-order valence-electron chi connectivity index (χ2n) is 6.03. The molecule has 1 heterocycles. The Morgan fingerprint density at radius 1 is 1.54 bits per heavy atom. The van der Waals surface area contributed by atoms with Crippen molar-refractivity contribution in [2.24, 2.45) is 11.7 Å². The molecular weight excluding hydrogens is 334 g/mol. The molecule has 0 spiro atoms. The molecule has 1 atom stereocenters. The number of aromatic nitrogens is 2. The zero-order chi connectivity index (χ0) is 17.4. The highest BCUT2D eigenvalue weighted by Crippen LogP contribution is 2.38. The third-order valence-electron chi connectivity index (χ3n) is 4.40. The molecule has 7 nitrogen and oxygen atoms in total. The van der Waals surface area contributed by atoms with Gasteiger partial charge in [-0.3, -0.25) is 9.36 Å². The summed E-state index contributed by atoms with van der Waals surface area (Å²) in [6.07, 6.45) is -0.391. The van der Waals surface area contributed by atoms with Gasteiger partial charge < -0.3 is 15.6 Å². The smallest absolute Gasteiger partial charge is 0.405 e. The minimum Gasteiger partial charge on any atom is -0.439 e. The van der Waals surface area contributed by atoms with Crippen LogP contribution in [0.1, 0.15) is 37.7 Å². The first-order chi connectivity index (χ1) is 11.4. The van der Waals surface area contributed by atoms with Crippen molar-refractivity contribution in [3.63, 3.8) is 0 Å². The molecule has 8 heteroatoms. The lowest BCUT2D eigenvalue weighted by atomic mass is 9.80. The molecule has 2 aromatic rings. The predicted octanol–water partition coefficient (Wildman–Crippen LogP) is 2.15. The van der Waals surface area contributed by atoms with Gasteiger partial charge in [0.15, 0.2) is 11.9 Å². The summed E-state index contributed by atoms with van der Waals surface area (Å²) in [5.74, 6) is 0.485. The van der Waals surface area contributed by atoms with E-state index in [9.17, 15) is 14.7 Å². The highest BCUT2D eigenvalue weighted by Gasteiger charge is 2.34. The number of nitrogens with zero attached hydrogens (tertiary/aromatic N) is 2. The van der Waals surface area contributed by atoms with Gasteiger partial charge in [-0.25, -0.2) is 9.78 Å². The van der Waals surface area contributed by atoms with Crippen LogP contribution in [-0.4, -0.2) is 27.4 Å². The number of halogens is 1. The maximum Gasteiger partial charge on any atom is 0.405 e. The monoisotopic (exact) mass is 351 g/mol. The number of carbonyl (C=O) groups excluding carboxylic acids is 1. The Bertz CT molecular complexity index is 845. The largest absolute Gasteiger partial charge is 0.439 e. The highest BCUT2D eigenvalue weighted by molar-refractivity contribution is 6.35. The van der Waals surface area contributed by atoms with Crippen molar-refractivity contribution in [2.75, 3.05) is 6.61 Å². The number of fused-ring (bicyclic) bond motifs is 1. The standard InChI is InChI=1S/C16H18ClN3O4/c1-8(24-16(18)23)14-19-12-4-2-3-11(17)13(12)15(22)20(14)10-5-9(6-10)7-21/h2-4,8-10,21H,5-7H2,1H3,(H2,18,23). The second kappa shape index (κ2) is 6.41. The van der Waals surface area contributed by atoms with Crippen molar-refractivity contribution in [2.45, 2.75) is 31.9 Å². The SMILES string of the molecule is CC(OC(N)=O)c1nc2cccc(Cl)c2c(=O)n1C1CC(CO)C1. The topological polar surface area (TPSA) is 107 Å². The maximum absolute atomic E-state index is 13.0. The number of benzene rings is 1. The van der Waals surface area contributed by atoms with Gasteiger partial charge in [-0.1, -0.05) is 17.7 Å². The molecule has 1 aliphatic carbocycles. The number of amides is 1. The van der Waals surface area contributed by atoms with Crippen LogP contribution in [0.5, 0.6) is 0 Å². The van der Waals surface area contributed by atoms with E-state index in [1.807, 2.05) is 0 Å². The first-order valence-electron chi connectivity index (χ1n) is 7.70. The molecule has 1 fully saturated rings. The Hall–Kier alpha value is -2.12. The molecular formula is C16H18ClN3O4. The van der Waals surface area contributed by atoms with Crippen LogP contribution in [0, 0.1) is 5.92 Å². The van der Waals surface area contributed by atoms with Crippen molar-refractivity contribution in [1.29, 1.82) is 0 Å². The Balaban J connectivity index is 2.17. The molecule has 1 saturated carbocycles. The number of aliphatic hydroxyl groups excluding tert-OH is 1. The number of nitrogens with two attached hydrogens (primary N) is 1. The number of rotatable bonds is 4. The van der Waals surface area contributed by atoms with E-state index in [0.29, 0.717) is 34.6 Å². The first-order valence-corrected chi connectivity index (χ1v) is 8.07. The van der Waals surface area contributed by atoms with Crippen LogP contribution in [0.2, 0.25) is 5.02 Å². The molecule has 1 aromatic heterocycles. The van der Waals surface area contributed by atoms with Crippen molar-refractivity contribution >= 4 is 28.6 Å². The number of ether oxygens (including phenoxy) is 1. The summed E-state index contributed by atoms with van der Waals surface area (Å²) in [6, 6.07) is 4.91. The second-order valence-corrected chi connectivity index (χ2v) is 6.44. The number of primary amides is 1. The number of hydrogen-bond acceptors (Lipinski definition) is 5. The fourth-order valence-corrected chi connectivity index (χ4v) is 3.40. The van der Waals surface area contributed by atoms with Crippen molar-refractivity contribution in [1.82, 2.24) is 9.55 Å². The summed E-state index contributed by atoms with van der Waals surface area (Å²) in [5.41, 5.74) is 5.26. The quantitative estimate of drug-likeness (QED) is 0.877. The van der Waals surface area contributed by atoms with Gasteiger partial charge >= 0.3 is 6.09 Å². The van der Waals surface area contributed by atoms with Crippen LogP contribution in [0.3, 0.4) is 0 Å². The van der Waals surface area contributed by atoms with Gasteiger partial charge in [-0.2, -0.15) is 0 Å². The molecule has 1 unspecified atom stereocenters. The van der Waals surface area contributed by atoms with Crippen LogP contribution in [0.4, 0.5) is 4.79 Å². The molecule has 0 bridgehead atoms. The Labute approximate surface area is 143 Å². The lowest BCUT2D eigenvalue weighted by Gasteiger charge is -2.37. The van der Waals surface area contributed by atoms with E-state index < -0.39 is 12.2 Å². The Morgan fingerprint density at radius 3 is 2.88 bits per heavy atom. The predicted molar refractivity (Wildman–Crippen MR) is 88.9 cm³/mol. The molecule has 128 valence electrons. The third-order valence-corrected chi connectivity index (χ3v) is 4.71. The van der Waals surface area contributed by atoms with Gasteiger partial charge in [0.2, 0.25) is 0 Å². The average Bonchev–Trinajstić information content (AvgIpc) is 2.47. The zero-order valence-corrected chi connectivity index (χ0v) is 13.9. The highest BCUT2D eigenvalue weighted by atomic mass is 35.5. The van der Waals surface area contributed by atoms with E-state index in [4.69, 9.17) is 22.1 Å². The Morgan fingerprint density at radius 2 is 2.25 bits per heavy atom. The summed E-state index contributed by atoms with van der Waals surface area (Å²) < 4.78 is 6.54. The van der Waals surface area contributed by atoms with Crippen LogP contribution in [-0.2, 0) is 4.74 Å². The molecule has 0 saturated heterocycles. The van der Waals surface area contributed by atoms with Crippen LogP contribution < -0.4 is 11.3 Å². The van der Waals surface area contributed by atoms with Gasteiger partial charge in [-0.05, 0) is 37.8 Å². The molecule has 3 N–H and O–H groups in total. The lowest BCUT2D eigenvalue weighted by molar-refractivity contribution is 0.0869. The van der Waals surface area contributed by atoms with E-state index >= 15 is 0 Å². The number of hydrogen-bond donors (Lipinski definition) is 2. The van der Waals surface area contributed by atoms with Gasteiger partial charge in [0, 0.05) is 12.6 Å². The van der Waals surface area contributed by atoms with E-state index in [1.54, 1.807) is 25.1 Å². The summed E-state index contributed by atoms with van der Waals surface area (Å²) in [7, 11) is 0. The molecule has 0 radical (unpaired) electrons. The average molecular weight is 352 g/mol. The first kappa shape index (κ1) is 16.7. The molecule has 1 amide bonds. The number of aliphatic hydroxyl groups is 1. The summed E-state index contributed by atoms with van der Waals surface area (Å²) in [4.78, 5) is 28.6. The molecule has 0 aliphatic heterocycles. The van der Waals surface area contributed by atoms with Crippen molar-refractivity contribution in [3.8, 4) is 0 Å².